The summed E-state index contributed by atoms with van der Waals surface area (Å²) in [6, 6.07) is 5.42. The molecule has 120 valence electrons. The Balaban J connectivity index is 2.02. The van der Waals surface area contributed by atoms with Crippen LogP contribution in [0.3, 0.4) is 0 Å². The number of aromatic amines is 1. The van der Waals surface area contributed by atoms with Crippen molar-refractivity contribution in [1.82, 2.24) is 4.90 Å². The fourth-order valence-corrected chi connectivity index (χ4v) is 3.45. The summed E-state index contributed by atoms with van der Waals surface area (Å²) in [6.45, 7) is 1.62. The first-order chi connectivity index (χ1) is 11.2. The van der Waals surface area contributed by atoms with Crippen LogP contribution < -0.4 is 10.7 Å². The van der Waals surface area contributed by atoms with E-state index in [1.54, 1.807) is 0 Å². The van der Waals surface area contributed by atoms with Gasteiger partial charge in [0.15, 0.2) is 5.03 Å². The number of carbonyl (C=O) groups is 1. The standard InChI is InChI=1S/C16H19N5OS/c17-9-12-8-13(10-18)16(20-15(12)19)23-11-14(22)21-6-4-2-1-3-5-7-21/h8H,1-7,11H2,(H2,19,20)/p+1. The minimum Gasteiger partial charge on any atom is -0.342 e. The minimum absolute atomic E-state index is 0.0807. The number of nitrogens with one attached hydrogen (secondary N) is 1. The minimum atomic E-state index is 0.0807. The van der Waals surface area contributed by atoms with Crippen LogP contribution in [0.1, 0.15) is 43.2 Å². The molecule has 0 atom stereocenters. The Kier molecular flexibility index (Phi) is 6.25. The first-order valence-electron chi connectivity index (χ1n) is 7.72. The zero-order valence-electron chi connectivity index (χ0n) is 13.0. The first-order valence-corrected chi connectivity index (χ1v) is 8.71. The molecule has 2 rings (SSSR count). The number of nitriles is 2. The number of H-pyrrole nitrogens is 1. The van der Waals surface area contributed by atoms with Crippen LogP contribution >= 0.6 is 11.8 Å². The van der Waals surface area contributed by atoms with Crippen molar-refractivity contribution in [1.29, 1.82) is 10.5 Å². The van der Waals surface area contributed by atoms with Gasteiger partial charge in [-0.05, 0) is 18.9 Å². The molecule has 3 N–H and O–H groups in total. The fourth-order valence-electron chi connectivity index (χ4n) is 2.56. The maximum Gasteiger partial charge on any atom is 0.289 e. The summed E-state index contributed by atoms with van der Waals surface area (Å²) in [5, 5.41) is 18.7. The molecule has 0 unspecified atom stereocenters. The average Bonchev–Trinajstić information content (AvgIpc) is 2.52. The molecule has 1 aliphatic heterocycles. The smallest absolute Gasteiger partial charge is 0.289 e. The van der Waals surface area contributed by atoms with Gasteiger partial charge < -0.3 is 4.90 Å². The average molecular weight is 330 g/mol. The number of carbonyl (C=O) groups excluding carboxylic acids is 1. The molecule has 1 aromatic rings. The topological polar surface area (TPSA) is 108 Å². The van der Waals surface area contributed by atoms with Crippen molar-refractivity contribution in [3.8, 4) is 12.1 Å². The van der Waals surface area contributed by atoms with Crippen molar-refractivity contribution in [2.75, 3.05) is 24.6 Å². The second kappa shape index (κ2) is 8.40. The summed E-state index contributed by atoms with van der Waals surface area (Å²) >= 11 is 1.26. The van der Waals surface area contributed by atoms with Gasteiger partial charge in [0.1, 0.15) is 23.3 Å². The van der Waals surface area contributed by atoms with E-state index in [1.165, 1.54) is 37.1 Å². The van der Waals surface area contributed by atoms with E-state index in [4.69, 9.17) is 11.0 Å². The molecule has 7 heteroatoms. The molecule has 0 saturated carbocycles. The molecule has 1 fully saturated rings. The van der Waals surface area contributed by atoms with Crippen LogP contribution in [0.5, 0.6) is 0 Å². The predicted octanol–water partition coefficient (Wildman–Crippen LogP) is 1.71. The van der Waals surface area contributed by atoms with Crippen LogP contribution in [0.2, 0.25) is 0 Å². The van der Waals surface area contributed by atoms with Gasteiger partial charge in [-0.3, -0.25) is 10.5 Å². The number of thioether (sulfide) groups is 1. The van der Waals surface area contributed by atoms with E-state index in [9.17, 15) is 10.1 Å². The maximum absolute atomic E-state index is 12.4. The summed E-state index contributed by atoms with van der Waals surface area (Å²) in [4.78, 5) is 17.1. The number of rotatable bonds is 3. The summed E-state index contributed by atoms with van der Waals surface area (Å²) < 4.78 is 0. The van der Waals surface area contributed by atoms with Crippen molar-refractivity contribution in [2.45, 2.75) is 37.1 Å². The number of nitrogen functional groups attached to an aromatic ring is 1. The van der Waals surface area contributed by atoms with E-state index >= 15 is 0 Å². The molecular formula is C16H20N5OS+. The summed E-state index contributed by atoms with van der Waals surface area (Å²) in [5.74, 6) is 0.557. The number of aromatic nitrogens is 1. The third kappa shape index (κ3) is 4.61. The second-order valence-electron chi connectivity index (χ2n) is 5.50. The Bertz CT molecular complexity index is 654. The molecular weight excluding hydrogens is 310 g/mol. The molecule has 0 radical (unpaired) electrons. The van der Waals surface area contributed by atoms with E-state index in [1.807, 2.05) is 17.0 Å². The molecule has 0 bridgehead atoms. The lowest BCUT2D eigenvalue weighted by Gasteiger charge is -2.24. The molecule has 2 heterocycles. The lowest BCUT2D eigenvalue weighted by Crippen LogP contribution is -2.35. The zero-order chi connectivity index (χ0) is 16.7. The van der Waals surface area contributed by atoms with Gasteiger partial charge in [0.2, 0.25) is 5.91 Å². The molecule has 6 nitrogen and oxygen atoms in total. The monoisotopic (exact) mass is 330 g/mol. The highest BCUT2D eigenvalue weighted by Crippen LogP contribution is 2.21. The zero-order valence-corrected chi connectivity index (χ0v) is 13.8. The van der Waals surface area contributed by atoms with Crippen LogP contribution in [0.25, 0.3) is 0 Å². The first kappa shape index (κ1) is 17.1. The third-order valence-corrected chi connectivity index (χ3v) is 4.86. The van der Waals surface area contributed by atoms with Gasteiger partial charge in [-0.1, -0.05) is 31.0 Å². The Morgan fingerprint density at radius 2 is 1.78 bits per heavy atom. The van der Waals surface area contributed by atoms with E-state index in [0.29, 0.717) is 10.6 Å². The van der Waals surface area contributed by atoms with Gasteiger partial charge >= 0.3 is 0 Å². The summed E-state index contributed by atoms with van der Waals surface area (Å²) in [5.41, 5.74) is 6.32. The van der Waals surface area contributed by atoms with Crippen LogP contribution in [-0.4, -0.2) is 29.6 Å². The largest absolute Gasteiger partial charge is 0.342 e. The number of nitrogens with two attached hydrogens (primary N) is 1. The number of nitrogens with zero attached hydrogens (tertiary/aromatic N) is 3. The lowest BCUT2D eigenvalue weighted by atomic mass is 10.1. The fraction of sp³-hybridized carbons (Fsp3) is 0.500. The molecule has 1 saturated heterocycles. The van der Waals surface area contributed by atoms with Crippen molar-refractivity contribution >= 4 is 23.5 Å². The van der Waals surface area contributed by atoms with E-state index in [0.717, 1.165) is 25.9 Å². The number of hydrogen-bond donors (Lipinski definition) is 1. The highest BCUT2D eigenvalue weighted by molar-refractivity contribution is 7.99. The SMILES string of the molecule is N#Cc1cc(C#N)c(SCC(=O)N2CCCCCCC2)[nH+]c1N. The van der Waals surface area contributed by atoms with Gasteiger partial charge in [-0.25, -0.2) is 4.98 Å². The van der Waals surface area contributed by atoms with Crippen LogP contribution in [-0.2, 0) is 4.79 Å². The Labute approximate surface area is 140 Å². The number of likely N-dealkylation sites (tertiary alicyclic amines) is 1. The predicted molar refractivity (Wildman–Crippen MR) is 87.2 cm³/mol. The van der Waals surface area contributed by atoms with Gasteiger partial charge in [0.25, 0.3) is 5.82 Å². The summed E-state index contributed by atoms with van der Waals surface area (Å²) in [6.07, 6.45) is 5.71. The molecule has 0 aromatic carbocycles. The number of hydrogen-bond acceptors (Lipinski definition) is 5. The molecule has 0 spiro atoms. The highest BCUT2D eigenvalue weighted by Gasteiger charge is 2.19. The van der Waals surface area contributed by atoms with Crippen LogP contribution in [0, 0.1) is 22.7 Å². The van der Waals surface area contributed by atoms with Crippen LogP contribution in [0.4, 0.5) is 5.82 Å². The van der Waals surface area contributed by atoms with Gasteiger partial charge in [0.05, 0.1) is 5.75 Å². The highest BCUT2D eigenvalue weighted by atomic mass is 32.2. The molecule has 1 aromatic heterocycles. The Hall–Kier alpha value is -2.25. The number of pyridine rings is 1. The van der Waals surface area contributed by atoms with Crippen molar-refractivity contribution in [2.24, 2.45) is 0 Å². The lowest BCUT2D eigenvalue weighted by molar-refractivity contribution is -0.410. The summed E-state index contributed by atoms with van der Waals surface area (Å²) in [7, 11) is 0. The van der Waals surface area contributed by atoms with E-state index in [-0.39, 0.29) is 23.0 Å². The Morgan fingerprint density at radius 1 is 1.17 bits per heavy atom. The van der Waals surface area contributed by atoms with Gasteiger partial charge in [-0.15, -0.1) is 0 Å². The number of anilines is 1. The van der Waals surface area contributed by atoms with Crippen molar-refractivity contribution < 1.29 is 9.78 Å². The van der Waals surface area contributed by atoms with Gasteiger partial charge in [0, 0.05) is 13.1 Å². The molecule has 23 heavy (non-hydrogen) atoms. The molecule has 0 aliphatic carbocycles. The van der Waals surface area contributed by atoms with Crippen LogP contribution in [0.15, 0.2) is 11.1 Å². The van der Waals surface area contributed by atoms with Gasteiger partial charge in [-0.2, -0.15) is 10.5 Å². The van der Waals surface area contributed by atoms with E-state index in [2.05, 4.69) is 4.98 Å². The van der Waals surface area contributed by atoms with Crippen molar-refractivity contribution in [3.05, 3.63) is 17.2 Å². The molecule has 1 aliphatic rings. The number of amides is 1. The van der Waals surface area contributed by atoms with Crippen molar-refractivity contribution in [3.63, 3.8) is 0 Å². The molecule has 1 amide bonds. The third-order valence-electron chi connectivity index (χ3n) is 3.86. The van der Waals surface area contributed by atoms with E-state index < -0.39 is 0 Å². The normalized spacial score (nSPS) is 15.1. The Morgan fingerprint density at radius 3 is 2.39 bits per heavy atom. The maximum atomic E-state index is 12.4. The second-order valence-corrected chi connectivity index (χ2v) is 6.49. The quantitative estimate of drug-likeness (QED) is 0.849.